The zero-order chi connectivity index (χ0) is 23.5. The maximum atomic E-state index is 13.5. The lowest BCUT2D eigenvalue weighted by Crippen LogP contribution is -2.38. The van der Waals surface area contributed by atoms with Gasteiger partial charge in [0.25, 0.3) is 5.91 Å². The molecule has 0 aliphatic rings. The third-order valence-electron chi connectivity index (χ3n) is 5.41. The Morgan fingerprint density at radius 2 is 1.64 bits per heavy atom. The molecule has 0 atom stereocenters. The van der Waals surface area contributed by atoms with Crippen LogP contribution >= 0.6 is 23.7 Å². The molecule has 0 unspecified atom stereocenters. The molecule has 180 valence electrons. The number of nitrogens with zero attached hydrogens (tertiary/aromatic N) is 4. The van der Waals surface area contributed by atoms with Gasteiger partial charge in [-0.1, -0.05) is 31.3 Å². The van der Waals surface area contributed by atoms with Crippen molar-refractivity contribution >= 4 is 60.5 Å². The summed E-state index contributed by atoms with van der Waals surface area (Å²) in [5, 5.41) is 0.505. The van der Waals surface area contributed by atoms with Crippen molar-refractivity contribution in [2.24, 2.45) is 0 Å². The van der Waals surface area contributed by atoms with Gasteiger partial charge in [-0.05, 0) is 49.5 Å². The van der Waals surface area contributed by atoms with Crippen LogP contribution in [-0.2, 0) is 9.84 Å². The smallest absolute Gasteiger partial charge is 0.260 e. The average molecular weight is 511 g/mol. The number of hydrogen-bond donors (Lipinski definition) is 0. The van der Waals surface area contributed by atoms with Gasteiger partial charge in [0.2, 0.25) is 0 Å². The lowest BCUT2D eigenvalue weighted by atomic mass is 10.1. The summed E-state index contributed by atoms with van der Waals surface area (Å²) in [5.74, 6) is -0.151. The quantitative estimate of drug-likeness (QED) is 0.430. The van der Waals surface area contributed by atoms with Gasteiger partial charge in [-0.15, -0.1) is 12.4 Å². The first-order valence-corrected chi connectivity index (χ1v) is 13.3. The number of benzene rings is 2. The molecule has 1 aromatic heterocycles. The monoisotopic (exact) mass is 510 g/mol. The van der Waals surface area contributed by atoms with Gasteiger partial charge < -0.3 is 9.80 Å². The van der Waals surface area contributed by atoms with E-state index < -0.39 is 9.84 Å². The minimum atomic E-state index is -3.43. The van der Waals surface area contributed by atoms with E-state index in [2.05, 4.69) is 23.7 Å². The van der Waals surface area contributed by atoms with Crippen LogP contribution in [0.2, 0.25) is 0 Å². The van der Waals surface area contributed by atoms with Crippen molar-refractivity contribution in [3.05, 3.63) is 48.0 Å². The van der Waals surface area contributed by atoms with Crippen molar-refractivity contribution in [2.45, 2.75) is 18.7 Å². The van der Waals surface area contributed by atoms with Gasteiger partial charge in [-0.25, -0.2) is 13.4 Å². The normalized spacial score (nSPS) is 11.5. The molecule has 0 radical (unpaired) electrons. The van der Waals surface area contributed by atoms with Gasteiger partial charge in [-0.2, -0.15) is 0 Å². The topological polar surface area (TPSA) is 73.8 Å². The molecule has 1 heterocycles. The Labute approximate surface area is 206 Å². The fourth-order valence-electron chi connectivity index (χ4n) is 3.45. The van der Waals surface area contributed by atoms with Crippen molar-refractivity contribution in [2.75, 3.05) is 56.3 Å². The van der Waals surface area contributed by atoms with Gasteiger partial charge in [0, 0.05) is 44.7 Å². The van der Waals surface area contributed by atoms with E-state index in [9.17, 15) is 13.2 Å². The van der Waals surface area contributed by atoms with E-state index in [1.807, 2.05) is 49.3 Å². The number of hydrogen-bond acceptors (Lipinski definition) is 7. The first-order chi connectivity index (χ1) is 15.2. The highest BCUT2D eigenvalue weighted by Gasteiger charge is 2.24. The predicted octanol–water partition coefficient (Wildman–Crippen LogP) is 4.18. The Hall–Kier alpha value is -2.20. The van der Waals surface area contributed by atoms with Crippen molar-refractivity contribution < 1.29 is 13.2 Å². The molecule has 0 aliphatic heterocycles. The lowest BCUT2D eigenvalue weighted by molar-refractivity contribution is 0.0984. The number of carbonyl (C=O) groups excluding carboxylic acids is 1. The summed E-state index contributed by atoms with van der Waals surface area (Å²) in [6, 6.07) is 12.6. The third-order valence-corrected chi connectivity index (χ3v) is 7.58. The first kappa shape index (κ1) is 27.0. The molecule has 0 N–H and O–H groups in total. The van der Waals surface area contributed by atoms with Gasteiger partial charge in [0.15, 0.2) is 15.0 Å². The number of anilines is 2. The van der Waals surface area contributed by atoms with Crippen LogP contribution in [-0.4, -0.2) is 70.7 Å². The second-order valence-corrected chi connectivity index (χ2v) is 10.8. The van der Waals surface area contributed by atoms with E-state index in [4.69, 9.17) is 0 Å². The predicted molar refractivity (Wildman–Crippen MR) is 140 cm³/mol. The summed E-state index contributed by atoms with van der Waals surface area (Å²) < 4.78 is 25.2. The summed E-state index contributed by atoms with van der Waals surface area (Å²) >= 11 is 1.34. The van der Waals surface area contributed by atoms with Crippen LogP contribution in [0, 0.1) is 0 Å². The number of thiazole rings is 1. The zero-order valence-electron chi connectivity index (χ0n) is 19.6. The number of likely N-dealkylation sites (N-methyl/N-ethyl adjacent to an activating group) is 1. The molecule has 7 nitrogen and oxygen atoms in total. The van der Waals surface area contributed by atoms with Gasteiger partial charge >= 0.3 is 0 Å². The minimum absolute atomic E-state index is 0. The van der Waals surface area contributed by atoms with Crippen LogP contribution in [0.5, 0.6) is 0 Å². The molecule has 1 amide bonds. The fraction of sp³-hybridized carbons (Fsp3) is 0.391. The summed E-state index contributed by atoms with van der Waals surface area (Å²) in [4.78, 5) is 24.2. The second kappa shape index (κ2) is 11.3. The van der Waals surface area contributed by atoms with E-state index in [0.717, 1.165) is 23.5 Å². The van der Waals surface area contributed by atoms with Crippen molar-refractivity contribution in [1.29, 1.82) is 0 Å². The number of fused-ring (bicyclic) bond motifs is 1. The average Bonchev–Trinajstić information content (AvgIpc) is 3.19. The van der Waals surface area contributed by atoms with Crippen LogP contribution in [0.3, 0.4) is 0 Å². The maximum absolute atomic E-state index is 13.5. The van der Waals surface area contributed by atoms with E-state index in [1.54, 1.807) is 17.0 Å². The number of rotatable bonds is 9. The van der Waals surface area contributed by atoms with Gasteiger partial charge in [0.1, 0.15) is 5.52 Å². The number of para-hydroxylation sites is 1. The lowest BCUT2D eigenvalue weighted by Gasteiger charge is -2.25. The van der Waals surface area contributed by atoms with E-state index in [0.29, 0.717) is 29.3 Å². The van der Waals surface area contributed by atoms with Crippen LogP contribution in [0.15, 0.2) is 47.4 Å². The molecule has 0 aliphatic carbocycles. The highest BCUT2D eigenvalue weighted by atomic mass is 35.5. The zero-order valence-corrected chi connectivity index (χ0v) is 22.1. The third kappa shape index (κ3) is 6.23. The number of amides is 1. The van der Waals surface area contributed by atoms with Gasteiger partial charge in [-0.3, -0.25) is 9.69 Å². The highest BCUT2D eigenvalue weighted by Crippen LogP contribution is 2.33. The first-order valence-electron chi connectivity index (χ1n) is 10.6. The Bertz CT molecular complexity index is 1190. The van der Waals surface area contributed by atoms with E-state index in [-0.39, 0.29) is 23.2 Å². The standard InChI is InChI=1S/C23H30N4O3S2.ClH/c1-6-26(7-2)15-16-27(22(28)17-11-13-18(14-12-17)25(3)4)23-24-21-19(31-23)9-8-10-20(21)32(5,29)30;/h8-14H,6-7,15-16H2,1-5H3;1H. The number of halogens is 1. The largest absolute Gasteiger partial charge is 0.378 e. The molecule has 2 aromatic carbocycles. The van der Waals surface area contributed by atoms with Crippen LogP contribution in [0.25, 0.3) is 10.2 Å². The molecular weight excluding hydrogens is 480 g/mol. The van der Waals surface area contributed by atoms with E-state index in [1.165, 1.54) is 17.6 Å². The van der Waals surface area contributed by atoms with Crippen LogP contribution in [0.1, 0.15) is 24.2 Å². The molecule has 0 saturated heterocycles. The maximum Gasteiger partial charge on any atom is 0.260 e. The molecule has 0 saturated carbocycles. The Kier molecular flexibility index (Phi) is 9.25. The van der Waals surface area contributed by atoms with Crippen molar-refractivity contribution in [3.8, 4) is 0 Å². The molecule has 3 aromatic rings. The van der Waals surface area contributed by atoms with Crippen molar-refractivity contribution in [3.63, 3.8) is 0 Å². The van der Waals surface area contributed by atoms with Crippen LogP contribution < -0.4 is 9.80 Å². The molecular formula is C23H31ClN4O3S2. The van der Waals surface area contributed by atoms with Gasteiger partial charge in [0.05, 0.1) is 9.60 Å². The summed E-state index contributed by atoms with van der Waals surface area (Å²) in [5.41, 5.74) is 1.99. The number of aromatic nitrogens is 1. The summed E-state index contributed by atoms with van der Waals surface area (Å²) in [6.45, 7) is 7.10. The molecule has 10 heteroatoms. The number of sulfone groups is 1. The molecule has 0 spiro atoms. The Morgan fingerprint density at radius 3 is 2.18 bits per heavy atom. The minimum Gasteiger partial charge on any atom is -0.378 e. The summed E-state index contributed by atoms with van der Waals surface area (Å²) in [6.07, 6.45) is 1.18. The highest BCUT2D eigenvalue weighted by molar-refractivity contribution is 7.91. The molecule has 3 rings (SSSR count). The Balaban J connectivity index is 0.00000385. The molecule has 33 heavy (non-hydrogen) atoms. The molecule has 0 bridgehead atoms. The second-order valence-electron chi connectivity index (χ2n) is 7.80. The number of carbonyl (C=O) groups is 1. The molecule has 0 fully saturated rings. The van der Waals surface area contributed by atoms with Crippen LogP contribution in [0.4, 0.5) is 10.8 Å². The Morgan fingerprint density at radius 1 is 1.00 bits per heavy atom. The fourth-order valence-corrected chi connectivity index (χ4v) is 5.36. The van der Waals surface area contributed by atoms with Crippen molar-refractivity contribution in [1.82, 2.24) is 9.88 Å². The summed E-state index contributed by atoms with van der Waals surface area (Å²) in [7, 11) is 0.471. The van der Waals surface area contributed by atoms with E-state index >= 15 is 0 Å². The SMILES string of the molecule is CCN(CC)CCN(C(=O)c1ccc(N(C)C)cc1)c1nc2c(S(C)(=O)=O)cccc2s1.Cl.